The largest absolute Gasteiger partial charge is 0.399 e. The molecule has 0 bridgehead atoms. The number of amides is 3. The van der Waals surface area contributed by atoms with E-state index in [2.05, 4.69) is 5.32 Å². The van der Waals surface area contributed by atoms with Gasteiger partial charge in [0.05, 0.1) is 5.69 Å². The van der Waals surface area contributed by atoms with Crippen LogP contribution >= 0.6 is 0 Å². The predicted molar refractivity (Wildman–Crippen MR) is 65.6 cm³/mol. The summed E-state index contributed by atoms with van der Waals surface area (Å²) in [5.41, 5.74) is 6.72. The molecule has 1 aliphatic rings. The molecule has 2 rings (SSSR count). The normalized spacial score (nSPS) is 19.6. The van der Waals surface area contributed by atoms with Gasteiger partial charge in [-0.15, -0.1) is 0 Å². The van der Waals surface area contributed by atoms with Crippen LogP contribution in [0.5, 0.6) is 0 Å². The van der Waals surface area contributed by atoms with Gasteiger partial charge in [0.15, 0.2) is 0 Å². The van der Waals surface area contributed by atoms with E-state index in [1.54, 1.807) is 24.3 Å². The van der Waals surface area contributed by atoms with E-state index in [-0.39, 0.29) is 11.9 Å². The van der Waals surface area contributed by atoms with Gasteiger partial charge in [0.25, 0.3) is 5.91 Å². The van der Waals surface area contributed by atoms with Crippen molar-refractivity contribution in [3.63, 3.8) is 0 Å². The monoisotopic (exact) mass is 233 g/mol. The van der Waals surface area contributed by atoms with Crippen molar-refractivity contribution < 1.29 is 9.59 Å². The van der Waals surface area contributed by atoms with Gasteiger partial charge in [0, 0.05) is 5.69 Å². The molecule has 17 heavy (non-hydrogen) atoms. The first-order chi connectivity index (χ1) is 8.13. The molecule has 0 aliphatic carbocycles. The van der Waals surface area contributed by atoms with Crippen molar-refractivity contribution in [1.29, 1.82) is 0 Å². The molecule has 1 fully saturated rings. The summed E-state index contributed by atoms with van der Waals surface area (Å²) in [6.45, 7) is 1.98. The summed E-state index contributed by atoms with van der Waals surface area (Å²) in [6, 6.07) is 5.91. The number of carbonyl (C=O) groups is 2. The lowest BCUT2D eigenvalue weighted by molar-refractivity contribution is -0.118. The molecule has 1 saturated heterocycles. The molecule has 3 N–H and O–H groups in total. The molecule has 0 spiro atoms. The van der Waals surface area contributed by atoms with E-state index in [0.717, 1.165) is 6.42 Å². The number of carbonyl (C=O) groups excluding carboxylic acids is 2. The summed E-state index contributed by atoms with van der Waals surface area (Å²) in [4.78, 5) is 24.9. The van der Waals surface area contributed by atoms with Gasteiger partial charge in [0.1, 0.15) is 6.04 Å². The molecule has 5 nitrogen and oxygen atoms in total. The van der Waals surface area contributed by atoms with Gasteiger partial charge >= 0.3 is 6.03 Å². The van der Waals surface area contributed by atoms with Crippen molar-refractivity contribution in [2.75, 3.05) is 10.6 Å². The second-order valence-electron chi connectivity index (χ2n) is 4.06. The number of urea groups is 1. The van der Waals surface area contributed by atoms with Crippen LogP contribution in [0.4, 0.5) is 16.2 Å². The van der Waals surface area contributed by atoms with Crippen molar-refractivity contribution in [2.24, 2.45) is 0 Å². The Bertz CT molecular complexity index is 442. The zero-order valence-electron chi connectivity index (χ0n) is 9.64. The third-order valence-corrected chi connectivity index (χ3v) is 2.75. The van der Waals surface area contributed by atoms with Gasteiger partial charge in [-0.2, -0.15) is 0 Å². The van der Waals surface area contributed by atoms with E-state index in [1.165, 1.54) is 4.90 Å². The molecule has 5 heteroatoms. The fraction of sp³-hybridized carbons (Fsp3) is 0.333. The first-order valence-corrected chi connectivity index (χ1v) is 5.63. The van der Waals surface area contributed by atoms with Gasteiger partial charge in [0.2, 0.25) is 0 Å². The second kappa shape index (κ2) is 4.45. The molecule has 1 atom stereocenters. The molecule has 0 unspecified atom stereocenters. The Morgan fingerprint density at radius 2 is 1.94 bits per heavy atom. The average molecular weight is 233 g/mol. The molecule has 1 aliphatic heterocycles. The topological polar surface area (TPSA) is 75.4 Å². The van der Waals surface area contributed by atoms with Crippen molar-refractivity contribution in [1.82, 2.24) is 5.32 Å². The number of nitrogens with zero attached hydrogens (tertiary/aromatic N) is 1. The lowest BCUT2D eigenvalue weighted by Crippen LogP contribution is -2.31. The Labute approximate surface area is 99.6 Å². The molecule has 90 valence electrons. The fourth-order valence-corrected chi connectivity index (χ4v) is 1.88. The molecule has 1 heterocycles. The van der Waals surface area contributed by atoms with Crippen molar-refractivity contribution >= 4 is 23.3 Å². The zero-order chi connectivity index (χ0) is 12.4. The van der Waals surface area contributed by atoms with Gasteiger partial charge in [-0.3, -0.25) is 4.79 Å². The summed E-state index contributed by atoms with van der Waals surface area (Å²) >= 11 is 0. The number of nitrogens with one attached hydrogen (secondary N) is 1. The van der Waals surface area contributed by atoms with E-state index >= 15 is 0 Å². The number of hydrogen-bond donors (Lipinski definition) is 2. The third kappa shape index (κ3) is 2.08. The standard InChI is InChI=1S/C12H15N3O2/c1-2-3-10-11(16)15(12(17)14-10)9-6-4-8(13)5-7-9/h4-7,10H,2-3,13H2,1H3,(H,14,17)/t10-/m0/s1. The summed E-state index contributed by atoms with van der Waals surface area (Å²) in [6.07, 6.45) is 1.52. The summed E-state index contributed by atoms with van der Waals surface area (Å²) in [5.74, 6) is -0.193. The maximum atomic E-state index is 12.0. The lowest BCUT2D eigenvalue weighted by atomic mass is 10.1. The Kier molecular flexibility index (Phi) is 2.99. The Hall–Kier alpha value is -2.04. The van der Waals surface area contributed by atoms with Crippen molar-refractivity contribution in [3.8, 4) is 0 Å². The maximum Gasteiger partial charge on any atom is 0.329 e. The van der Waals surface area contributed by atoms with Crippen LogP contribution in [0.2, 0.25) is 0 Å². The molecular formula is C12H15N3O2. The van der Waals surface area contributed by atoms with E-state index < -0.39 is 6.04 Å². The number of nitrogen functional groups attached to an aromatic ring is 1. The highest BCUT2D eigenvalue weighted by molar-refractivity contribution is 6.21. The minimum atomic E-state index is -0.398. The molecular weight excluding hydrogens is 218 g/mol. The Morgan fingerprint density at radius 3 is 2.53 bits per heavy atom. The van der Waals surface area contributed by atoms with Crippen LogP contribution in [0, 0.1) is 0 Å². The predicted octanol–water partition coefficient (Wildman–Crippen LogP) is 1.49. The highest BCUT2D eigenvalue weighted by atomic mass is 16.2. The fourth-order valence-electron chi connectivity index (χ4n) is 1.88. The number of imide groups is 1. The molecule has 0 aromatic heterocycles. The van der Waals surface area contributed by atoms with Crippen LogP contribution in [0.25, 0.3) is 0 Å². The SMILES string of the molecule is CCC[C@@H]1NC(=O)N(c2ccc(N)cc2)C1=O. The minimum absolute atomic E-state index is 0.193. The number of benzene rings is 1. The van der Waals surface area contributed by atoms with Crippen molar-refractivity contribution in [2.45, 2.75) is 25.8 Å². The minimum Gasteiger partial charge on any atom is -0.399 e. The zero-order valence-corrected chi connectivity index (χ0v) is 9.64. The highest BCUT2D eigenvalue weighted by Crippen LogP contribution is 2.22. The third-order valence-electron chi connectivity index (χ3n) is 2.75. The van der Waals surface area contributed by atoms with Gasteiger partial charge in [-0.05, 0) is 30.7 Å². The van der Waals surface area contributed by atoms with Gasteiger partial charge in [-0.1, -0.05) is 13.3 Å². The number of anilines is 2. The molecule has 1 aromatic carbocycles. The number of nitrogens with two attached hydrogens (primary N) is 1. The van der Waals surface area contributed by atoms with E-state index in [4.69, 9.17) is 5.73 Å². The first kappa shape index (κ1) is 11.4. The van der Waals surface area contributed by atoms with Crippen molar-refractivity contribution in [3.05, 3.63) is 24.3 Å². The van der Waals surface area contributed by atoms with Crippen LogP contribution in [0.1, 0.15) is 19.8 Å². The van der Waals surface area contributed by atoms with Crippen LogP contribution in [-0.4, -0.2) is 18.0 Å². The van der Waals surface area contributed by atoms with E-state index in [9.17, 15) is 9.59 Å². The summed E-state index contributed by atoms with van der Waals surface area (Å²) in [7, 11) is 0. The van der Waals surface area contributed by atoms with Gasteiger partial charge < -0.3 is 11.1 Å². The number of rotatable bonds is 3. The average Bonchev–Trinajstić information content (AvgIpc) is 2.57. The highest BCUT2D eigenvalue weighted by Gasteiger charge is 2.38. The van der Waals surface area contributed by atoms with E-state index in [0.29, 0.717) is 17.8 Å². The van der Waals surface area contributed by atoms with Crippen LogP contribution in [0.3, 0.4) is 0 Å². The molecule has 3 amide bonds. The molecule has 0 saturated carbocycles. The Morgan fingerprint density at radius 1 is 1.29 bits per heavy atom. The van der Waals surface area contributed by atoms with Crippen LogP contribution in [-0.2, 0) is 4.79 Å². The molecule has 0 radical (unpaired) electrons. The smallest absolute Gasteiger partial charge is 0.329 e. The van der Waals surface area contributed by atoms with E-state index in [1.807, 2.05) is 6.92 Å². The maximum absolute atomic E-state index is 12.0. The van der Waals surface area contributed by atoms with Crippen LogP contribution in [0.15, 0.2) is 24.3 Å². The summed E-state index contributed by atoms with van der Waals surface area (Å²) < 4.78 is 0. The number of hydrogen-bond acceptors (Lipinski definition) is 3. The van der Waals surface area contributed by atoms with Gasteiger partial charge in [-0.25, -0.2) is 9.69 Å². The Balaban J connectivity index is 2.24. The second-order valence-corrected chi connectivity index (χ2v) is 4.06. The summed E-state index contributed by atoms with van der Waals surface area (Å²) in [5, 5.41) is 2.67. The quantitative estimate of drug-likeness (QED) is 0.613. The molecule has 1 aromatic rings. The van der Waals surface area contributed by atoms with Crippen LogP contribution < -0.4 is 16.0 Å². The lowest BCUT2D eigenvalue weighted by Gasteiger charge is -2.12. The first-order valence-electron chi connectivity index (χ1n) is 5.63.